The molecule has 3 rings (SSSR count). The van der Waals surface area contributed by atoms with Crippen LogP contribution in [0.3, 0.4) is 0 Å². The smallest absolute Gasteiger partial charge is 0.257 e. The van der Waals surface area contributed by atoms with Gasteiger partial charge in [-0.1, -0.05) is 0 Å². The third-order valence-corrected chi connectivity index (χ3v) is 3.64. The summed E-state index contributed by atoms with van der Waals surface area (Å²) in [6.45, 7) is 2.82. The fraction of sp³-hybridized carbons (Fsp3) is 0.571. The standard InChI is InChI=1S/C14H18N2O5/c1-2-19-14-8(4-3-5-15-14)13(18)16-9-6-20-12-10(17)7-21-11(9)12/h3-5,9-12,17H,2,6-7H2,1H3,(H,16,18)/t9-,10+,11+,12+/m0/s1. The number of nitrogens with one attached hydrogen (secondary N) is 1. The van der Waals surface area contributed by atoms with Crippen LogP contribution in [0.25, 0.3) is 0 Å². The minimum atomic E-state index is -0.630. The maximum absolute atomic E-state index is 12.4. The quantitative estimate of drug-likeness (QED) is 0.795. The van der Waals surface area contributed by atoms with E-state index < -0.39 is 6.10 Å². The summed E-state index contributed by atoms with van der Waals surface area (Å²) in [7, 11) is 0. The van der Waals surface area contributed by atoms with E-state index in [4.69, 9.17) is 14.2 Å². The highest BCUT2D eigenvalue weighted by Gasteiger charge is 2.47. The van der Waals surface area contributed by atoms with Crippen LogP contribution in [0, 0.1) is 0 Å². The molecule has 21 heavy (non-hydrogen) atoms. The molecule has 2 fully saturated rings. The van der Waals surface area contributed by atoms with Gasteiger partial charge in [-0.15, -0.1) is 0 Å². The summed E-state index contributed by atoms with van der Waals surface area (Å²) < 4.78 is 16.3. The predicted octanol–water partition coefficient (Wildman–Crippen LogP) is -0.263. The molecular weight excluding hydrogens is 276 g/mol. The van der Waals surface area contributed by atoms with Gasteiger partial charge < -0.3 is 24.6 Å². The average Bonchev–Trinajstić information content (AvgIpc) is 3.04. The van der Waals surface area contributed by atoms with Gasteiger partial charge in [-0.2, -0.15) is 0 Å². The van der Waals surface area contributed by atoms with Crippen molar-refractivity contribution in [3.8, 4) is 5.88 Å². The zero-order valence-corrected chi connectivity index (χ0v) is 11.7. The molecule has 4 atom stereocenters. The van der Waals surface area contributed by atoms with Gasteiger partial charge in [0.25, 0.3) is 5.91 Å². The third kappa shape index (κ3) is 2.72. The molecular formula is C14H18N2O5. The molecule has 2 saturated heterocycles. The molecule has 2 N–H and O–H groups in total. The molecule has 7 nitrogen and oxygen atoms in total. The maximum Gasteiger partial charge on any atom is 0.257 e. The molecule has 7 heteroatoms. The minimum absolute atomic E-state index is 0.235. The van der Waals surface area contributed by atoms with E-state index in [1.165, 1.54) is 0 Å². The van der Waals surface area contributed by atoms with E-state index in [0.717, 1.165) is 0 Å². The van der Waals surface area contributed by atoms with Crippen molar-refractivity contribution >= 4 is 5.91 Å². The van der Waals surface area contributed by atoms with E-state index in [1.807, 2.05) is 6.92 Å². The van der Waals surface area contributed by atoms with Gasteiger partial charge in [-0.25, -0.2) is 4.98 Å². The van der Waals surface area contributed by atoms with E-state index in [2.05, 4.69) is 10.3 Å². The van der Waals surface area contributed by atoms with Gasteiger partial charge in [-0.3, -0.25) is 4.79 Å². The van der Waals surface area contributed by atoms with Crippen LogP contribution < -0.4 is 10.1 Å². The second-order valence-corrected chi connectivity index (χ2v) is 5.03. The van der Waals surface area contributed by atoms with Crippen molar-refractivity contribution in [2.45, 2.75) is 31.3 Å². The van der Waals surface area contributed by atoms with Gasteiger partial charge in [0.1, 0.15) is 23.9 Å². The SMILES string of the molecule is CCOc1ncccc1C(=O)N[C@H]1CO[C@H]2[C@@H]1OC[C@H]2O. The summed E-state index contributed by atoms with van der Waals surface area (Å²) in [6, 6.07) is 3.06. The molecule has 0 radical (unpaired) electrons. The third-order valence-electron chi connectivity index (χ3n) is 3.64. The summed E-state index contributed by atoms with van der Waals surface area (Å²) in [5, 5.41) is 12.6. The summed E-state index contributed by atoms with van der Waals surface area (Å²) >= 11 is 0. The van der Waals surface area contributed by atoms with Gasteiger partial charge in [0, 0.05) is 6.20 Å². The number of aliphatic hydroxyl groups is 1. The van der Waals surface area contributed by atoms with Gasteiger partial charge in [0.2, 0.25) is 5.88 Å². The van der Waals surface area contributed by atoms with Gasteiger partial charge in [-0.05, 0) is 19.1 Å². The minimum Gasteiger partial charge on any atom is -0.477 e. The lowest BCUT2D eigenvalue weighted by atomic mass is 10.1. The first-order valence-electron chi connectivity index (χ1n) is 7.00. The van der Waals surface area contributed by atoms with E-state index in [0.29, 0.717) is 24.7 Å². The highest BCUT2D eigenvalue weighted by atomic mass is 16.6. The molecule has 3 heterocycles. The Kier molecular flexibility index (Phi) is 4.05. The highest BCUT2D eigenvalue weighted by molar-refractivity contribution is 5.96. The van der Waals surface area contributed by atoms with Crippen molar-refractivity contribution in [3.05, 3.63) is 23.9 Å². The number of aliphatic hydroxyl groups excluding tert-OH is 1. The highest BCUT2D eigenvalue weighted by Crippen LogP contribution is 2.27. The first kappa shape index (κ1) is 14.2. The molecule has 0 saturated carbocycles. The second-order valence-electron chi connectivity index (χ2n) is 5.03. The number of carbonyl (C=O) groups is 1. The Bertz CT molecular complexity index is 524. The van der Waals surface area contributed by atoms with Gasteiger partial charge >= 0.3 is 0 Å². The zero-order chi connectivity index (χ0) is 14.8. The van der Waals surface area contributed by atoms with Crippen LogP contribution in [0.5, 0.6) is 5.88 Å². The predicted molar refractivity (Wildman–Crippen MR) is 72.1 cm³/mol. The Morgan fingerprint density at radius 1 is 1.48 bits per heavy atom. The molecule has 0 aromatic carbocycles. The van der Waals surface area contributed by atoms with Crippen molar-refractivity contribution < 1.29 is 24.1 Å². The summed E-state index contributed by atoms with van der Waals surface area (Å²) in [4.78, 5) is 16.4. The molecule has 0 spiro atoms. The van der Waals surface area contributed by atoms with Crippen molar-refractivity contribution in [1.82, 2.24) is 10.3 Å². The Labute approximate surface area is 122 Å². The lowest BCUT2D eigenvalue weighted by molar-refractivity contribution is 0.0178. The zero-order valence-electron chi connectivity index (χ0n) is 11.7. The largest absolute Gasteiger partial charge is 0.477 e. The lowest BCUT2D eigenvalue weighted by Gasteiger charge is -2.18. The lowest BCUT2D eigenvalue weighted by Crippen LogP contribution is -2.44. The van der Waals surface area contributed by atoms with Crippen LogP contribution in [0.4, 0.5) is 0 Å². The number of nitrogens with zero attached hydrogens (tertiary/aromatic N) is 1. The van der Waals surface area contributed by atoms with Crippen LogP contribution in [0.15, 0.2) is 18.3 Å². The number of amides is 1. The number of hydrogen-bond acceptors (Lipinski definition) is 6. The van der Waals surface area contributed by atoms with Crippen molar-refractivity contribution in [1.29, 1.82) is 0 Å². The Morgan fingerprint density at radius 2 is 2.29 bits per heavy atom. The van der Waals surface area contributed by atoms with Crippen LogP contribution in [-0.2, 0) is 9.47 Å². The monoisotopic (exact) mass is 294 g/mol. The molecule has 114 valence electrons. The summed E-state index contributed by atoms with van der Waals surface area (Å²) in [5.74, 6) is 0.0196. The molecule has 1 amide bonds. The fourth-order valence-electron chi connectivity index (χ4n) is 2.66. The number of aromatic nitrogens is 1. The topological polar surface area (TPSA) is 89.9 Å². The molecule has 2 aliphatic rings. The Hall–Kier alpha value is -1.70. The molecule has 1 aromatic heterocycles. The summed E-state index contributed by atoms with van der Waals surface area (Å²) in [5.41, 5.74) is 0.376. The number of fused-ring (bicyclic) bond motifs is 1. The number of hydrogen-bond donors (Lipinski definition) is 2. The van der Waals surface area contributed by atoms with Crippen molar-refractivity contribution in [3.63, 3.8) is 0 Å². The van der Waals surface area contributed by atoms with Crippen molar-refractivity contribution in [2.75, 3.05) is 19.8 Å². The molecule has 1 aromatic rings. The summed E-state index contributed by atoms with van der Waals surface area (Å²) in [6.07, 6.45) is 0.272. The van der Waals surface area contributed by atoms with Gasteiger partial charge in [0.05, 0.1) is 25.9 Å². The average molecular weight is 294 g/mol. The Morgan fingerprint density at radius 3 is 3.10 bits per heavy atom. The number of rotatable bonds is 4. The molecule has 2 aliphatic heterocycles. The van der Waals surface area contributed by atoms with Crippen LogP contribution in [0.2, 0.25) is 0 Å². The molecule has 0 bridgehead atoms. The molecule has 0 aliphatic carbocycles. The second kappa shape index (κ2) is 5.97. The maximum atomic E-state index is 12.4. The first-order chi connectivity index (χ1) is 10.2. The number of ether oxygens (including phenoxy) is 3. The first-order valence-corrected chi connectivity index (χ1v) is 7.00. The Balaban J connectivity index is 1.70. The van der Waals surface area contributed by atoms with Crippen LogP contribution in [-0.4, -0.2) is 60.2 Å². The van der Waals surface area contributed by atoms with Gasteiger partial charge in [0.15, 0.2) is 0 Å². The van der Waals surface area contributed by atoms with Crippen molar-refractivity contribution in [2.24, 2.45) is 0 Å². The van der Waals surface area contributed by atoms with E-state index >= 15 is 0 Å². The normalized spacial score (nSPS) is 31.0. The number of pyridine rings is 1. The van der Waals surface area contributed by atoms with E-state index in [1.54, 1.807) is 18.3 Å². The van der Waals surface area contributed by atoms with Crippen LogP contribution >= 0.6 is 0 Å². The molecule has 0 unspecified atom stereocenters. The number of carbonyl (C=O) groups excluding carboxylic acids is 1. The van der Waals surface area contributed by atoms with E-state index in [9.17, 15) is 9.90 Å². The van der Waals surface area contributed by atoms with E-state index in [-0.39, 0.29) is 30.8 Å². The fourth-order valence-corrected chi connectivity index (χ4v) is 2.66. The van der Waals surface area contributed by atoms with Crippen LogP contribution in [0.1, 0.15) is 17.3 Å².